The largest absolute Gasteiger partial charge is 0.322 e. The summed E-state index contributed by atoms with van der Waals surface area (Å²) >= 11 is 0. The quantitative estimate of drug-likeness (QED) is 0.934. The molecule has 0 aliphatic carbocycles. The lowest BCUT2D eigenvalue weighted by atomic mass is 9.93. The number of rotatable bonds is 3. The molecule has 1 N–H and O–H groups in total. The third-order valence-electron chi connectivity index (χ3n) is 4.62. The molecule has 1 saturated heterocycles. The van der Waals surface area contributed by atoms with E-state index < -0.39 is 0 Å². The van der Waals surface area contributed by atoms with E-state index in [0.717, 1.165) is 35.5 Å². The van der Waals surface area contributed by atoms with E-state index in [-0.39, 0.29) is 6.03 Å². The highest BCUT2D eigenvalue weighted by Gasteiger charge is 2.37. The monoisotopic (exact) mass is 312 g/mol. The maximum Gasteiger partial charge on any atom is 0.322 e. The molecule has 2 atom stereocenters. The van der Waals surface area contributed by atoms with E-state index in [9.17, 15) is 4.79 Å². The minimum atomic E-state index is -0.0120. The summed E-state index contributed by atoms with van der Waals surface area (Å²) in [4.78, 5) is 14.4. The van der Waals surface area contributed by atoms with E-state index >= 15 is 0 Å². The molecule has 23 heavy (non-hydrogen) atoms. The van der Waals surface area contributed by atoms with Gasteiger partial charge in [0.15, 0.2) is 0 Å². The van der Waals surface area contributed by atoms with Crippen molar-refractivity contribution in [2.24, 2.45) is 0 Å². The van der Waals surface area contributed by atoms with Crippen LogP contribution in [-0.4, -0.2) is 32.8 Å². The first kappa shape index (κ1) is 15.6. The Balaban J connectivity index is 1.80. The fraction of sp³-hybridized carbons (Fsp3) is 0.444. The molecule has 2 heterocycles. The predicted molar refractivity (Wildman–Crippen MR) is 92.1 cm³/mol. The van der Waals surface area contributed by atoms with Crippen molar-refractivity contribution in [3.8, 4) is 5.69 Å². The number of carbonyl (C=O) groups is 1. The Bertz CT molecular complexity index is 722. The highest BCUT2D eigenvalue weighted by atomic mass is 16.2. The molecule has 122 valence electrons. The second kappa shape index (κ2) is 6.07. The molecule has 1 aliphatic heterocycles. The minimum absolute atomic E-state index is 0.0120. The van der Waals surface area contributed by atoms with Gasteiger partial charge in [0.25, 0.3) is 0 Å². The molecule has 1 aromatic heterocycles. The van der Waals surface area contributed by atoms with Crippen LogP contribution in [0.4, 0.5) is 10.5 Å². The molecule has 0 saturated carbocycles. The standard InChI is InChI=1S/C18H24N4O/c1-5-16-10-14(4)22(16)18(23)19-15-7-6-12(2)17(11-15)21-9-8-13(3)20-21/h6-9,11,14,16H,5,10H2,1-4H3,(H,19,23). The highest BCUT2D eigenvalue weighted by Crippen LogP contribution is 2.29. The van der Waals surface area contributed by atoms with Crippen molar-refractivity contribution in [1.29, 1.82) is 0 Å². The molecule has 0 radical (unpaired) electrons. The zero-order valence-corrected chi connectivity index (χ0v) is 14.2. The molecule has 1 aromatic carbocycles. The zero-order valence-electron chi connectivity index (χ0n) is 14.2. The third-order valence-corrected chi connectivity index (χ3v) is 4.62. The number of anilines is 1. The first-order valence-electron chi connectivity index (χ1n) is 8.22. The summed E-state index contributed by atoms with van der Waals surface area (Å²) in [6.07, 6.45) is 4.03. The van der Waals surface area contributed by atoms with E-state index in [1.807, 2.05) is 53.9 Å². The molecule has 5 nitrogen and oxygen atoms in total. The first-order valence-corrected chi connectivity index (χ1v) is 8.22. The van der Waals surface area contributed by atoms with Gasteiger partial charge in [-0.05, 0) is 57.4 Å². The van der Waals surface area contributed by atoms with Crippen molar-refractivity contribution in [3.05, 3.63) is 41.7 Å². The second-order valence-corrected chi connectivity index (χ2v) is 6.39. The Labute approximate surface area is 137 Å². The van der Waals surface area contributed by atoms with Crippen LogP contribution in [0.25, 0.3) is 5.69 Å². The van der Waals surface area contributed by atoms with Crippen molar-refractivity contribution >= 4 is 11.7 Å². The normalized spacial score (nSPS) is 20.3. The SMILES string of the molecule is CCC1CC(C)N1C(=O)Nc1ccc(C)c(-n2ccc(C)n2)c1. The van der Waals surface area contributed by atoms with Crippen LogP contribution in [0, 0.1) is 13.8 Å². The van der Waals surface area contributed by atoms with Gasteiger partial charge in [-0.3, -0.25) is 0 Å². The van der Waals surface area contributed by atoms with Crippen molar-refractivity contribution < 1.29 is 4.79 Å². The molecule has 1 fully saturated rings. The Hall–Kier alpha value is -2.30. The molecule has 1 aliphatic rings. The van der Waals surface area contributed by atoms with Gasteiger partial charge in [0.05, 0.1) is 11.4 Å². The average molecular weight is 312 g/mol. The number of hydrogen-bond acceptors (Lipinski definition) is 2. The van der Waals surface area contributed by atoms with Crippen LogP contribution in [0.3, 0.4) is 0 Å². The molecule has 2 amide bonds. The summed E-state index contributed by atoms with van der Waals surface area (Å²) in [6.45, 7) is 8.23. The van der Waals surface area contributed by atoms with Crippen molar-refractivity contribution in [3.63, 3.8) is 0 Å². The second-order valence-electron chi connectivity index (χ2n) is 6.39. The van der Waals surface area contributed by atoms with Gasteiger partial charge in [-0.1, -0.05) is 13.0 Å². The Kier molecular flexibility index (Phi) is 4.11. The molecule has 2 aromatic rings. The van der Waals surface area contributed by atoms with Gasteiger partial charge in [0.1, 0.15) is 0 Å². The summed E-state index contributed by atoms with van der Waals surface area (Å²) < 4.78 is 1.85. The number of nitrogens with one attached hydrogen (secondary N) is 1. The van der Waals surface area contributed by atoms with E-state index in [4.69, 9.17) is 0 Å². The smallest absolute Gasteiger partial charge is 0.319 e. The van der Waals surface area contributed by atoms with Crippen LogP contribution in [-0.2, 0) is 0 Å². The topological polar surface area (TPSA) is 50.2 Å². The molecule has 2 unspecified atom stereocenters. The van der Waals surface area contributed by atoms with Gasteiger partial charge in [-0.25, -0.2) is 9.48 Å². The van der Waals surface area contributed by atoms with E-state index in [2.05, 4.69) is 24.3 Å². The molecule has 0 bridgehead atoms. The molecule has 3 rings (SSSR count). The van der Waals surface area contributed by atoms with Crippen molar-refractivity contribution in [2.75, 3.05) is 5.32 Å². The highest BCUT2D eigenvalue weighted by molar-refractivity contribution is 5.90. The Morgan fingerprint density at radius 1 is 1.35 bits per heavy atom. The van der Waals surface area contributed by atoms with Crippen LogP contribution in [0.2, 0.25) is 0 Å². The lowest BCUT2D eigenvalue weighted by molar-refractivity contribution is 0.0688. The van der Waals surface area contributed by atoms with Gasteiger partial charge in [0, 0.05) is 24.0 Å². The van der Waals surface area contributed by atoms with Crippen LogP contribution in [0.15, 0.2) is 30.5 Å². The lowest BCUT2D eigenvalue weighted by Crippen LogP contribution is -2.58. The van der Waals surface area contributed by atoms with Crippen molar-refractivity contribution in [1.82, 2.24) is 14.7 Å². The minimum Gasteiger partial charge on any atom is -0.319 e. The number of aryl methyl sites for hydroxylation is 2. The fourth-order valence-electron chi connectivity index (χ4n) is 3.24. The van der Waals surface area contributed by atoms with Crippen molar-refractivity contribution in [2.45, 2.75) is 52.6 Å². The third kappa shape index (κ3) is 2.96. The van der Waals surface area contributed by atoms with Gasteiger partial charge in [0.2, 0.25) is 0 Å². The molecular weight excluding hydrogens is 288 g/mol. The first-order chi connectivity index (χ1) is 11.0. The molecule has 0 spiro atoms. The van der Waals surface area contributed by atoms with Crippen LogP contribution in [0.5, 0.6) is 0 Å². The predicted octanol–water partition coefficient (Wildman–Crippen LogP) is 3.89. The summed E-state index contributed by atoms with van der Waals surface area (Å²) in [7, 11) is 0. The number of carbonyl (C=O) groups excluding carboxylic acids is 1. The summed E-state index contributed by atoms with van der Waals surface area (Å²) in [5.41, 5.74) is 3.88. The summed E-state index contributed by atoms with van der Waals surface area (Å²) in [6, 6.07) is 8.57. The van der Waals surface area contributed by atoms with Gasteiger partial charge in [-0.15, -0.1) is 0 Å². The van der Waals surface area contributed by atoms with Gasteiger partial charge in [-0.2, -0.15) is 5.10 Å². The van der Waals surface area contributed by atoms with Crippen LogP contribution >= 0.6 is 0 Å². The van der Waals surface area contributed by atoms with Gasteiger partial charge < -0.3 is 10.2 Å². The van der Waals surface area contributed by atoms with Gasteiger partial charge >= 0.3 is 6.03 Å². The number of nitrogens with zero attached hydrogens (tertiary/aromatic N) is 3. The number of hydrogen-bond donors (Lipinski definition) is 1. The van der Waals surface area contributed by atoms with E-state index in [1.54, 1.807) is 0 Å². The molecule has 5 heteroatoms. The average Bonchev–Trinajstić information content (AvgIpc) is 2.92. The van der Waals surface area contributed by atoms with Crippen LogP contribution in [0.1, 0.15) is 37.9 Å². The lowest BCUT2D eigenvalue weighted by Gasteiger charge is -2.46. The maximum atomic E-state index is 12.5. The summed E-state index contributed by atoms with van der Waals surface area (Å²) in [5.74, 6) is 0. The number of benzene rings is 1. The molecular formula is C18H24N4O. The zero-order chi connectivity index (χ0) is 16.6. The fourth-order valence-corrected chi connectivity index (χ4v) is 3.24. The maximum absolute atomic E-state index is 12.5. The number of likely N-dealkylation sites (tertiary alicyclic amines) is 1. The Morgan fingerprint density at radius 2 is 2.13 bits per heavy atom. The van der Waals surface area contributed by atoms with Crippen LogP contribution < -0.4 is 5.32 Å². The number of amides is 2. The van der Waals surface area contributed by atoms with E-state index in [0.29, 0.717) is 12.1 Å². The number of aromatic nitrogens is 2. The number of urea groups is 1. The summed E-state index contributed by atoms with van der Waals surface area (Å²) in [5, 5.41) is 7.48. The van der Waals surface area contributed by atoms with E-state index in [1.165, 1.54) is 0 Å². The Morgan fingerprint density at radius 3 is 2.74 bits per heavy atom.